The molecule has 3 heterocycles. The van der Waals surface area contributed by atoms with Crippen molar-refractivity contribution in [1.29, 1.82) is 0 Å². The van der Waals surface area contributed by atoms with E-state index in [1.807, 2.05) is 31.2 Å². The van der Waals surface area contributed by atoms with Gasteiger partial charge in [0.1, 0.15) is 22.7 Å². The standard InChI is InChI=1S/C22H25N5O3S/c1-16-5-7-18(8-6-16)25-22(28)20-14-26(15-24-20)21-10-9-19(12-23-21)31(29,30)27-11-3-4-17(2)13-27/h5-10,12,14-15,17H,3-4,11,13H2,1-2H3,(H,25,28)/t17-/m1/s1. The second-order valence-electron chi connectivity index (χ2n) is 7.95. The molecule has 0 saturated carbocycles. The van der Waals surface area contributed by atoms with E-state index < -0.39 is 10.0 Å². The Hall–Kier alpha value is -3.04. The lowest BCUT2D eigenvalue weighted by Gasteiger charge is -2.29. The summed E-state index contributed by atoms with van der Waals surface area (Å²) in [6, 6.07) is 10.6. The summed E-state index contributed by atoms with van der Waals surface area (Å²) in [5.41, 5.74) is 2.03. The van der Waals surface area contributed by atoms with Gasteiger partial charge >= 0.3 is 0 Å². The van der Waals surface area contributed by atoms with E-state index in [9.17, 15) is 13.2 Å². The van der Waals surface area contributed by atoms with Crippen molar-refractivity contribution in [2.45, 2.75) is 31.6 Å². The minimum absolute atomic E-state index is 0.169. The van der Waals surface area contributed by atoms with Crippen molar-refractivity contribution in [3.05, 3.63) is 66.4 Å². The predicted octanol–water partition coefficient (Wildman–Crippen LogP) is 3.25. The average Bonchev–Trinajstić information content (AvgIpc) is 3.26. The van der Waals surface area contributed by atoms with Crippen molar-refractivity contribution >= 4 is 21.6 Å². The molecule has 1 aliphatic heterocycles. The fourth-order valence-electron chi connectivity index (χ4n) is 3.59. The van der Waals surface area contributed by atoms with Crippen molar-refractivity contribution in [2.24, 2.45) is 5.92 Å². The molecular weight excluding hydrogens is 414 g/mol. The first-order valence-corrected chi connectivity index (χ1v) is 11.7. The number of nitrogens with one attached hydrogen (secondary N) is 1. The number of carbonyl (C=O) groups excluding carboxylic acids is 1. The first kappa shape index (κ1) is 21.2. The summed E-state index contributed by atoms with van der Waals surface area (Å²) in [5, 5.41) is 2.80. The molecule has 1 N–H and O–H groups in total. The van der Waals surface area contributed by atoms with Gasteiger partial charge < -0.3 is 5.32 Å². The third-order valence-corrected chi connectivity index (χ3v) is 7.22. The van der Waals surface area contributed by atoms with Crippen LogP contribution in [0.2, 0.25) is 0 Å². The third kappa shape index (κ3) is 4.67. The molecule has 8 nitrogen and oxygen atoms in total. The highest BCUT2D eigenvalue weighted by molar-refractivity contribution is 7.89. The Labute approximate surface area is 182 Å². The largest absolute Gasteiger partial charge is 0.321 e. The number of nitrogens with zero attached hydrogens (tertiary/aromatic N) is 4. The van der Waals surface area contributed by atoms with E-state index >= 15 is 0 Å². The van der Waals surface area contributed by atoms with E-state index in [0.717, 1.165) is 18.4 Å². The molecule has 0 radical (unpaired) electrons. The van der Waals surface area contributed by atoms with Gasteiger partial charge in [-0.25, -0.2) is 18.4 Å². The molecule has 162 valence electrons. The highest BCUT2D eigenvalue weighted by Crippen LogP contribution is 2.23. The van der Waals surface area contributed by atoms with Crippen LogP contribution in [-0.2, 0) is 10.0 Å². The number of hydrogen-bond donors (Lipinski definition) is 1. The van der Waals surface area contributed by atoms with E-state index in [1.165, 1.54) is 16.8 Å². The van der Waals surface area contributed by atoms with Crippen LogP contribution in [0.15, 0.2) is 60.0 Å². The molecule has 0 bridgehead atoms. The monoisotopic (exact) mass is 439 g/mol. The molecule has 2 aromatic heterocycles. The van der Waals surface area contributed by atoms with E-state index in [2.05, 4.69) is 22.2 Å². The number of rotatable bonds is 5. The molecule has 1 aliphatic rings. The maximum atomic E-state index is 12.9. The first-order chi connectivity index (χ1) is 14.8. The van der Waals surface area contributed by atoms with Gasteiger partial charge in [0.15, 0.2) is 0 Å². The van der Waals surface area contributed by atoms with Gasteiger partial charge in [-0.15, -0.1) is 0 Å². The van der Waals surface area contributed by atoms with E-state index in [1.54, 1.807) is 22.9 Å². The molecule has 3 aromatic rings. The van der Waals surface area contributed by atoms with Gasteiger partial charge in [-0.1, -0.05) is 24.6 Å². The Morgan fingerprint density at radius 3 is 2.58 bits per heavy atom. The number of aromatic nitrogens is 3. The van der Waals surface area contributed by atoms with Crippen LogP contribution in [0.4, 0.5) is 5.69 Å². The number of benzene rings is 1. The minimum atomic E-state index is -3.56. The summed E-state index contributed by atoms with van der Waals surface area (Å²) in [7, 11) is -3.56. The molecule has 0 aliphatic carbocycles. The molecule has 1 saturated heterocycles. The van der Waals surface area contributed by atoms with Crippen molar-refractivity contribution in [2.75, 3.05) is 18.4 Å². The number of aryl methyl sites for hydroxylation is 1. The molecule has 1 atom stereocenters. The molecule has 4 rings (SSSR count). The summed E-state index contributed by atoms with van der Waals surface area (Å²) in [6.07, 6.45) is 6.31. The van der Waals surface area contributed by atoms with E-state index in [0.29, 0.717) is 30.5 Å². The summed E-state index contributed by atoms with van der Waals surface area (Å²) >= 11 is 0. The lowest BCUT2D eigenvalue weighted by molar-refractivity contribution is 0.102. The lowest BCUT2D eigenvalue weighted by atomic mass is 10.0. The van der Waals surface area contributed by atoms with Crippen LogP contribution in [-0.4, -0.2) is 46.3 Å². The Kier molecular flexibility index (Phi) is 5.88. The fourth-order valence-corrected chi connectivity index (χ4v) is 5.13. The molecule has 1 aromatic carbocycles. The second-order valence-corrected chi connectivity index (χ2v) is 9.89. The number of pyridine rings is 1. The van der Waals surface area contributed by atoms with Crippen LogP contribution in [0.5, 0.6) is 0 Å². The zero-order valence-corrected chi connectivity index (χ0v) is 18.3. The van der Waals surface area contributed by atoms with Gasteiger partial charge in [-0.3, -0.25) is 9.36 Å². The number of hydrogen-bond acceptors (Lipinski definition) is 5. The number of carbonyl (C=O) groups is 1. The topological polar surface area (TPSA) is 97.2 Å². The van der Waals surface area contributed by atoms with Gasteiger partial charge in [-0.05, 0) is 49.9 Å². The van der Waals surface area contributed by atoms with Gasteiger partial charge in [0.05, 0.1) is 0 Å². The van der Waals surface area contributed by atoms with Crippen LogP contribution in [0.3, 0.4) is 0 Å². The second kappa shape index (κ2) is 8.60. The van der Waals surface area contributed by atoms with Gasteiger partial charge in [0, 0.05) is 31.2 Å². The summed E-state index contributed by atoms with van der Waals surface area (Å²) in [5.74, 6) is 0.500. The van der Waals surface area contributed by atoms with Crippen molar-refractivity contribution in [1.82, 2.24) is 18.8 Å². The number of anilines is 1. The van der Waals surface area contributed by atoms with Gasteiger partial charge in [0.2, 0.25) is 10.0 Å². The first-order valence-electron chi connectivity index (χ1n) is 10.2. The Balaban J connectivity index is 1.48. The van der Waals surface area contributed by atoms with Crippen LogP contribution in [0.1, 0.15) is 35.8 Å². The Morgan fingerprint density at radius 2 is 1.90 bits per heavy atom. The number of amides is 1. The maximum absolute atomic E-state index is 12.9. The zero-order valence-electron chi connectivity index (χ0n) is 17.5. The van der Waals surface area contributed by atoms with Crippen LogP contribution < -0.4 is 5.32 Å². The normalized spacial score (nSPS) is 17.4. The van der Waals surface area contributed by atoms with E-state index in [4.69, 9.17) is 0 Å². The summed E-state index contributed by atoms with van der Waals surface area (Å²) in [4.78, 5) is 21.0. The Bertz CT molecular complexity index is 1170. The SMILES string of the molecule is Cc1ccc(NC(=O)c2cn(-c3ccc(S(=O)(=O)N4CCC[C@@H](C)C4)cn3)cn2)cc1. The van der Waals surface area contributed by atoms with Crippen LogP contribution >= 0.6 is 0 Å². The molecule has 0 unspecified atom stereocenters. The molecule has 1 amide bonds. The van der Waals surface area contributed by atoms with Crippen molar-refractivity contribution < 1.29 is 13.2 Å². The Morgan fingerprint density at radius 1 is 1.13 bits per heavy atom. The number of sulfonamides is 1. The molecule has 31 heavy (non-hydrogen) atoms. The third-order valence-electron chi connectivity index (χ3n) is 5.37. The van der Waals surface area contributed by atoms with Crippen LogP contribution in [0.25, 0.3) is 5.82 Å². The smallest absolute Gasteiger partial charge is 0.275 e. The average molecular weight is 440 g/mol. The van der Waals surface area contributed by atoms with E-state index in [-0.39, 0.29) is 16.5 Å². The lowest BCUT2D eigenvalue weighted by Crippen LogP contribution is -2.39. The zero-order chi connectivity index (χ0) is 22.0. The fraction of sp³-hybridized carbons (Fsp3) is 0.318. The maximum Gasteiger partial charge on any atom is 0.275 e. The molecule has 0 spiro atoms. The minimum Gasteiger partial charge on any atom is -0.321 e. The molecular formula is C22H25N5O3S. The predicted molar refractivity (Wildman–Crippen MR) is 118 cm³/mol. The van der Waals surface area contributed by atoms with Gasteiger partial charge in [0.25, 0.3) is 5.91 Å². The quantitative estimate of drug-likeness (QED) is 0.658. The van der Waals surface area contributed by atoms with Crippen molar-refractivity contribution in [3.8, 4) is 5.82 Å². The summed E-state index contributed by atoms with van der Waals surface area (Å²) in [6.45, 7) is 5.11. The highest BCUT2D eigenvalue weighted by Gasteiger charge is 2.28. The molecule has 1 fully saturated rings. The van der Waals surface area contributed by atoms with Crippen molar-refractivity contribution in [3.63, 3.8) is 0 Å². The highest BCUT2D eigenvalue weighted by atomic mass is 32.2. The van der Waals surface area contributed by atoms with Crippen LogP contribution in [0, 0.1) is 12.8 Å². The summed E-state index contributed by atoms with van der Waals surface area (Å²) < 4.78 is 28.9. The number of imidazole rings is 1. The molecule has 9 heteroatoms. The van der Waals surface area contributed by atoms with Gasteiger partial charge in [-0.2, -0.15) is 4.31 Å². The number of piperidine rings is 1.